The summed E-state index contributed by atoms with van der Waals surface area (Å²) in [6.45, 7) is 0.0155. The monoisotopic (exact) mass is 736 g/mol. The zero-order valence-electron chi connectivity index (χ0n) is 31.8. The third-order valence-electron chi connectivity index (χ3n) is 12.5. The van der Waals surface area contributed by atoms with E-state index in [1.165, 1.54) is 89.2 Å². The Morgan fingerprint density at radius 2 is 0.724 bits per heavy atom. The SMILES string of the molecule is c1ccc(-c2ccc3c(c2)N(c2ccccc2)c2cc(C4c5ccccc5-c5ccccc54)cc4c2B3c2ccc(-c3ccccc3)cc2N4c2ccccc2)cc1. The van der Waals surface area contributed by atoms with Crippen LogP contribution < -0.4 is 26.2 Å². The van der Waals surface area contributed by atoms with E-state index in [1.54, 1.807) is 0 Å². The van der Waals surface area contributed by atoms with Crippen molar-refractivity contribution in [3.8, 4) is 33.4 Å². The molecule has 2 heterocycles. The first kappa shape index (κ1) is 32.8. The molecule has 0 saturated heterocycles. The molecule has 0 N–H and O–H groups in total. The first-order chi connectivity index (χ1) is 28.8. The van der Waals surface area contributed by atoms with Crippen LogP contribution in [-0.2, 0) is 0 Å². The van der Waals surface area contributed by atoms with E-state index in [4.69, 9.17) is 0 Å². The zero-order chi connectivity index (χ0) is 38.2. The predicted molar refractivity (Wildman–Crippen MR) is 244 cm³/mol. The van der Waals surface area contributed by atoms with E-state index >= 15 is 0 Å². The van der Waals surface area contributed by atoms with Crippen LogP contribution in [0.15, 0.2) is 218 Å². The Bertz CT molecular complexity index is 2820. The number of para-hydroxylation sites is 2. The third-order valence-corrected chi connectivity index (χ3v) is 12.5. The lowest BCUT2D eigenvalue weighted by molar-refractivity contribution is 1.01. The fourth-order valence-electron chi connectivity index (χ4n) is 10.0. The Balaban J connectivity index is 1.20. The van der Waals surface area contributed by atoms with E-state index in [1.807, 2.05) is 0 Å². The summed E-state index contributed by atoms with van der Waals surface area (Å²) in [5, 5.41) is 0. The number of benzene rings is 9. The molecule has 3 heteroatoms. The maximum Gasteiger partial charge on any atom is 0.252 e. The van der Waals surface area contributed by atoms with Crippen LogP contribution in [0.2, 0.25) is 0 Å². The molecule has 0 spiro atoms. The minimum atomic E-state index is 0.0155. The Kier molecular flexibility index (Phi) is 7.43. The second-order valence-electron chi connectivity index (χ2n) is 15.6. The van der Waals surface area contributed by atoms with Crippen LogP contribution in [-0.4, -0.2) is 6.71 Å². The Labute approximate surface area is 340 Å². The molecule has 0 aromatic heterocycles. The maximum absolute atomic E-state index is 2.54. The second kappa shape index (κ2) is 13.1. The highest BCUT2D eigenvalue weighted by molar-refractivity contribution is 7.00. The van der Waals surface area contributed by atoms with Crippen molar-refractivity contribution >= 4 is 57.2 Å². The van der Waals surface area contributed by atoms with E-state index in [9.17, 15) is 0 Å². The van der Waals surface area contributed by atoms with Crippen LogP contribution >= 0.6 is 0 Å². The van der Waals surface area contributed by atoms with Crippen molar-refractivity contribution in [3.05, 3.63) is 235 Å². The number of fused-ring (bicyclic) bond motifs is 7. The molecule has 0 fully saturated rings. The van der Waals surface area contributed by atoms with Crippen molar-refractivity contribution in [2.24, 2.45) is 0 Å². The molecule has 1 aliphatic carbocycles. The normalized spacial score (nSPS) is 13.3. The number of hydrogen-bond acceptors (Lipinski definition) is 2. The van der Waals surface area contributed by atoms with Gasteiger partial charge in [-0.1, -0.05) is 170 Å². The highest BCUT2D eigenvalue weighted by Gasteiger charge is 2.44. The van der Waals surface area contributed by atoms with E-state index in [0.29, 0.717) is 0 Å². The first-order valence-electron chi connectivity index (χ1n) is 20.3. The fraction of sp³-hybridized carbons (Fsp3) is 0.0182. The van der Waals surface area contributed by atoms with Gasteiger partial charge in [0.1, 0.15) is 0 Å². The molecule has 0 amide bonds. The summed E-state index contributed by atoms with van der Waals surface area (Å²) in [6, 6.07) is 80.9. The quantitative estimate of drug-likeness (QED) is 0.162. The lowest BCUT2D eigenvalue weighted by atomic mass is 9.33. The van der Waals surface area contributed by atoms with Crippen molar-refractivity contribution < 1.29 is 0 Å². The molecule has 0 bridgehead atoms. The van der Waals surface area contributed by atoms with Crippen molar-refractivity contribution in [2.45, 2.75) is 5.92 Å². The topological polar surface area (TPSA) is 6.48 Å². The minimum Gasteiger partial charge on any atom is -0.311 e. The number of hydrogen-bond donors (Lipinski definition) is 0. The van der Waals surface area contributed by atoms with Gasteiger partial charge in [0.2, 0.25) is 0 Å². The van der Waals surface area contributed by atoms with Crippen molar-refractivity contribution in [1.29, 1.82) is 0 Å². The Morgan fingerprint density at radius 1 is 0.328 bits per heavy atom. The number of anilines is 6. The van der Waals surface area contributed by atoms with E-state index < -0.39 is 0 Å². The summed E-state index contributed by atoms with van der Waals surface area (Å²) < 4.78 is 0. The summed E-state index contributed by atoms with van der Waals surface area (Å²) in [6.07, 6.45) is 0. The molecule has 0 unspecified atom stereocenters. The van der Waals surface area contributed by atoms with Gasteiger partial charge in [-0.15, -0.1) is 0 Å². The smallest absolute Gasteiger partial charge is 0.252 e. The van der Waals surface area contributed by atoms with Gasteiger partial charge in [0.05, 0.1) is 0 Å². The van der Waals surface area contributed by atoms with Gasteiger partial charge in [-0.05, 0) is 115 Å². The molecule has 3 aliphatic rings. The molecule has 270 valence electrons. The lowest BCUT2D eigenvalue weighted by Gasteiger charge is -2.45. The summed E-state index contributed by atoms with van der Waals surface area (Å²) in [4.78, 5) is 5.08. The largest absolute Gasteiger partial charge is 0.311 e. The second-order valence-corrected chi connectivity index (χ2v) is 15.6. The number of nitrogens with zero attached hydrogens (tertiary/aromatic N) is 2. The maximum atomic E-state index is 2.54. The van der Waals surface area contributed by atoms with Gasteiger partial charge in [0, 0.05) is 40.0 Å². The van der Waals surface area contributed by atoms with Gasteiger partial charge < -0.3 is 9.80 Å². The van der Waals surface area contributed by atoms with Gasteiger partial charge in [-0.25, -0.2) is 0 Å². The molecule has 9 aromatic carbocycles. The van der Waals surface area contributed by atoms with Crippen LogP contribution in [0.3, 0.4) is 0 Å². The Hall–Kier alpha value is -7.36. The van der Waals surface area contributed by atoms with Crippen LogP contribution in [0, 0.1) is 0 Å². The standard InChI is InChI=1S/C55H37BN2/c1-5-17-37(18-6-1)39-29-31-48-50(33-39)57(42-21-9-3-10-22-42)52-35-41(54-46-27-15-13-25-44(46)45-26-14-16-28-47(45)54)36-53-55(52)56(48)49-32-30-40(38-19-7-2-8-20-38)34-51(49)58(53)43-23-11-4-12-24-43/h1-36,54H. The molecule has 2 aliphatic heterocycles. The predicted octanol–water partition coefficient (Wildman–Crippen LogP) is 12.3. The summed E-state index contributed by atoms with van der Waals surface area (Å²) in [7, 11) is 0. The van der Waals surface area contributed by atoms with Crippen LogP contribution in [0.25, 0.3) is 33.4 Å². The van der Waals surface area contributed by atoms with Crippen molar-refractivity contribution in [1.82, 2.24) is 0 Å². The van der Waals surface area contributed by atoms with Gasteiger partial charge in [0.15, 0.2) is 0 Å². The summed E-state index contributed by atoms with van der Waals surface area (Å²) in [5.74, 6) is 0.0803. The van der Waals surface area contributed by atoms with Crippen molar-refractivity contribution in [3.63, 3.8) is 0 Å². The molecule has 0 saturated carbocycles. The third kappa shape index (κ3) is 5.00. The molecule has 2 nitrogen and oxygen atoms in total. The van der Waals surface area contributed by atoms with E-state index in [2.05, 4.69) is 228 Å². The molecular formula is C55H37BN2. The van der Waals surface area contributed by atoms with E-state index in [0.717, 1.165) is 11.4 Å². The molecule has 0 atom stereocenters. The molecule has 9 aromatic rings. The Morgan fingerprint density at radius 3 is 1.17 bits per heavy atom. The highest BCUT2D eigenvalue weighted by Crippen LogP contribution is 2.52. The van der Waals surface area contributed by atoms with Gasteiger partial charge in [-0.3, -0.25) is 0 Å². The lowest BCUT2D eigenvalue weighted by Crippen LogP contribution is -2.61. The zero-order valence-corrected chi connectivity index (χ0v) is 31.8. The first-order valence-corrected chi connectivity index (χ1v) is 20.3. The van der Waals surface area contributed by atoms with Gasteiger partial charge >= 0.3 is 0 Å². The molecule has 12 rings (SSSR count). The van der Waals surface area contributed by atoms with Crippen LogP contribution in [0.5, 0.6) is 0 Å². The average molecular weight is 737 g/mol. The molecule has 0 radical (unpaired) electrons. The number of rotatable bonds is 5. The average Bonchev–Trinajstić information content (AvgIpc) is 3.64. The van der Waals surface area contributed by atoms with Gasteiger partial charge in [0.25, 0.3) is 6.71 Å². The summed E-state index contributed by atoms with van der Waals surface area (Å²) >= 11 is 0. The van der Waals surface area contributed by atoms with Gasteiger partial charge in [-0.2, -0.15) is 0 Å². The van der Waals surface area contributed by atoms with Crippen molar-refractivity contribution in [2.75, 3.05) is 9.80 Å². The molecular weight excluding hydrogens is 699 g/mol. The minimum absolute atomic E-state index is 0.0155. The summed E-state index contributed by atoms with van der Waals surface area (Å²) in [5.41, 5.74) is 22.6. The highest BCUT2D eigenvalue weighted by atomic mass is 15.2. The molecule has 58 heavy (non-hydrogen) atoms. The van der Waals surface area contributed by atoms with Crippen LogP contribution in [0.1, 0.15) is 22.6 Å². The fourth-order valence-corrected chi connectivity index (χ4v) is 10.0. The van der Waals surface area contributed by atoms with Crippen LogP contribution in [0.4, 0.5) is 34.1 Å². The van der Waals surface area contributed by atoms with E-state index in [-0.39, 0.29) is 12.6 Å².